The monoisotopic (exact) mass is 493 g/mol. The second-order valence-corrected chi connectivity index (χ2v) is 16.1. The molecular formula is C27H36N5O2P. The molecule has 2 aliphatic heterocycles. The predicted octanol–water partition coefficient (Wildman–Crippen LogP) is 4.12. The summed E-state index contributed by atoms with van der Waals surface area (Å²) >= 11 is 0. The number of carbonyl (C=O) groups is 1. The Morgan fingerprint density at radius 2 is 1.57 bits per heavy atom. The van der Waals surface area contributed by atoms with E-state index in [1.165, 1.54) is 31.2 Å². The number of aromatic nitrogens is 3. The first-order valence-corrected chi connectivity index (χ1v) is 15.9. The van der Waals surface area contributed by atoms with Crippen molar-refractivity contribution in [1.29, 1.82) is 0 Å². The molecule has 1 aromatic heterocycles. The lowest BCUT2D eigenvalue weighted by Gasteiger charge is -2.63. The molecular weight excluding hydrogens is 457 g/mol. The second kappa shape index (κ2) is 7.44. The van der Waals surface area contributed by atoms with E-state index < -0.39 is 7.14 Å². The van der Waals surface area contributed by atoms with E-state index in [2.05, 4.69) is 31.6 Å². The third-order valence-electron chi connectivity index (χ3n) is 9.35. The van der Waals surface area contributed by atoms with Gasteiger partial charge in [0.15, 0.2) is 5.82 Å². The van der Waals surface area contributed by atoms with Gasteiger partial charge < -0.3 is 14.4 Å². The van der Waals surface area contributed by atoms with E-state index in [1.54, 1.807) is 0 Å². The van der Waals surface area contributed by atoms with Gasteiger partial charge in [-0.25, -0.2) is 14.5 Å². The first-order valence-electron chi connectivity index (χ1n) is 13.3. The Morgan fingerprint density at radius 1 is 0.971 bits per heavy atom. The fraction of sp³-hybridized carbons (Fsp3) is 0.667. The Balaban J connectivity index is 0.842. The quantitative estimate of drug-likeness (QED) is 0.588. The maximum Gasteiger partial charge on any atom is 0.320 e. The van der Waals surface area contributed by atoms with E-state index in [0.717, 1.165) is 56.6 Å². The maximum absolute atomic E-state index is 13.0. The molecule has 5 fully saturated rings. The minimum absolute atomic E-state index is 0.254. The van der Waals surface area contributed by atoms with E-state index in [-0.39, 0.29) is 6.03 Å². The maximum atomic E-state index is 13.0. The second-order valence-electron chi connectivity index (χ2n) is 12.9. The minimum atomic E-state index is -2.18. The zero-order valence-corrected chi connectivity index (χ0v) is 21.8. The largest absolute Gasteiger partial charge is 0.323 e. The standard InChI is InChI=1S/C27H36N5O2P/c1-35(2,34)23-7-3-19(4-8-23)9-20-10-26(11-20)14-30(15-26)25(33)31-16-27(17-31)12-22(13-27)32-18-28-24(29-32)21-5-6-21/h3-4,7-8,18,20-22H,5-6,9-17H2,1-2H3. The molecule has 7 rings (SSSR count). The van der Waals surface area contributed by atoms with Gasteiger partial charge in [0.25, 0.3) is 0 Å². The molecule has 2 amide bonds. The molecule has 5 aliphatic rings. The van der Waals surface area contributed by atoms with Crippen molar-refractivity contribution in [2.24, 2.45) is 16.7 Å². The number of hydrogen-bond acceptors (Lipinski definition) is 4. The van der Waals surface area contributed by atoms with Gasteiger partial charge in [-0.1, -0.05) is 24.3 Å². The van der Waals surface area contributed by atoms with Gasteiger partial charge >= 0.3 is 6.03 Å². The van der Waals surface area contributed by atoms with Crippen LogP contribution >= 0.6 is 7.14 Å². The third kappa shape index (κ3) is 3.85. The molecule has 2 aromatic rings. The molecule has 0 N–H and O–H groups in total. The van der Waals surface area contributed by atoms with Crippen LogP contribution in [0.15, 0.2) is 30.6 Å². The van der Waals surface area contributed by atoms with Crippen LogP contribution in [0.2, 0.25) is 0 Å². The number of hydrogen-bond donors (Lipinski definition) is 0. The van der Waals surface area contributed by atoms with Crippen molar-refractivity contribution in [3.8, 4) is 0 Å². The smallest absolute Gasteiger partial charge is 0.320 e. The van der Waals surface area contributed by atoms with Gasteiger partial charge in [-0.2, -0.15) is 5.10 Å². The molecule has 2 saturated heterocycles. The zero-order valence-electron chi connectivity index (χ0n) is 20.9. The summed E-state index contributed by atoms with van der Waals surface area (Å²) in [4.78, 5) is 21.6. The van der Waals surface area contributed by atoms with E-state index in [4.69, 9.17) is 5.10 Å². The van der Waals surface area contributed by atoms with E-state index >= 15 is 0 Å². The fourth-order valence-corrected chi connectivity index (χ4v) is 8.13. The first-order chi connectivity index (χ1) is 16.7. The lowest BCUT2D eigenvalue weighted by atomic mass is 9.56. The molecule has 0 bridgehead atoms. The Labute approximate surface area is 207 Å². The van der Waals surface area contributed by atoms with E-state index in [0.29, 0.717) is 28.7 Å². The Bertz CT molecular complexity index is 1180. The van der Waals surface area contributed by atoms with Gasteiger partial charge in [-0.3, -0.25) is 0 Å². The summed E-state index contributed by atoms with van der Waals surface area (Å²) in [6.07, 6.45) is 10.2. The van der Waals surface area contributed by atoms with Crippen LogP contribution in [0, 0.1) is 16.7 Å². The number of urea groups is 1. The van der Waals surface area contributed by atoms with Crippen LogP contribution in [-0.2, 0) is 11.0 Å². The van der Waals surface area contributed by atoms with Crippen LogP contribution in [0.25, 0.3) is 0 Å². The number of amides is 2. The number of nitrogens with zero attached hydrogens (tertiary/aromatic N) is 5. The van der Waals surface area contributed by atoms with Crippen molar-refractivity contribution in [2.75, 3.05) is 39.5 Å². The van der Waals surface area contributed by atoms with Crippen molar-refractivity contribution in [1.82, 2.24) is 24.6 Å². The molecule has 186 valence electrons. The van der Waals surface area contributed by atoms with Gasteiger partial charge in [0, 0.05) is 48.2 Å². The third-order valence-corrected chi connectivity index (χ3v) is 10.9. The Hall–Kier alpha value is -2.14. The zero-order chi connectivity index (χ0) is 24.0. The van der Waals surface area contributed by atoms with Gasteiger partial charge in [-0.15, -0.1) is 0 Å². The fourth-order valence-electron chi connectivity index (χ4n) is 7.27. The number of likely N-dealkylation sites (tertiary alicyclic amines) is 2. The molecule has 0 atom stereocenters. The van der Waals surface area contributed by atoms with Crippen molar-refractivity contribution in [3.05, 3.63) is 42.0 Å². The molecule has 0 unspecified atom stereocenters. The average Bonchev–Trinajstić information content (AvgIpc) is 3.44. The van der Waals surface area contributed by atoms with E-state index in [1.807, 2.05) is 31.8 Å². The van der Waals surface area contributed by atoms with Gasteiger partial charge in [0.05, 0.1) is 6.04 Å². The van der Waals surface area contributed by atoms with Crippen LogP contribution in [0.5, 0.6) is 0 Å². The van der Waals surface area contributed by atoms with Crippen LogP contribution in [0.4, 0.5) is 4.79 Å². The van der Waals surface area contributed by atoms with Gasteiger partial charge in [0.1, 0.15) is 13.5 Å². The SMILES string of the molecule is CP(C)(=O)c1ccc(CC2CC3(C2)CN(C(=O)N2CC4(CC(n5cnc(C6CC6)n5)C4)C2)C3)cc1. The van der Waals surface area contributed by atoms with Crippen molar-refractivity contribution in [3.63, 3.8) is 0 Å². The summed E-state index contributed by atoms with van der Waals surface area (Å²) in [5, 5.41) is 5.67. The summed E-state index contributed by atoms with van der Waals surface area (Å²) < 4.78 is 14.3. The minimum Gasteiger partial charge on any atom is -0.323 e. The highest BCUT2D eigenvalue weighted by Gasteiger charge is 2.58. The molecule has 3 saturated carbocycles. The molecule has 8 heteroatoms. The molecule has 3 aliphatic carbocycles. The molecule has 3 heterocycles. The highest BCUT2D eigenvalue weighted by molar-refractivity contribution is 7.70. The molecule has 0 radical (unpaired) electrons. The van der Waals surface area contributed by atoms with Gasteiger partial charge in [0.2, 0.25) is 0 Å². The van der Waals surface area contributed by atoms with Crippen LogP contribution in [0.3, 0.4) is 0 Å². The molecule has 7 nitrogen and oxygen atoms in total. The predicted molar refractivity (Wildman–Crippen MR) is 136 cm³/mol. The first kappa shape index (κ1) is 22.1. The highest BCUT2D eigenvalue weighted by atomic mass is 31.2. The highest BCUT2D eigenvalue weighted by Crippen LogP contribution is 2.56. The summed E-state index contributed by atoms with van der Waals surface area (Å²) in [6, 6.07) is 9.10. The summed E-state index contributed by atoms with van der Waals surface area (Å²) in [5.74, 6) is 2.35. The Morgan fingerprint density at radius 3 is 2.14 bits per heavy atom. The number of benzene rings is 1. The molecule has 2 spiro atoms. The van der Waals surface area contributed by atoms with Gasteiger partial charge in [-0.05, 0) is 69.8 Å². The summed E-state index contributed by atoms with van der Waals surface area (Å²) in [6.45, 7) is 7.35. The summed E-state index contributed by atoms with van der Waals surface area (Å²) in [7, 11) is -2.18. The van der Waals surface area contributed by atoms with E-state index in [9.17, 15) is 9.36 Å². The van der Waals surface area contributed by atoms with Crippen molar-refractivity contribution >= 4 is 18.5 Å². The normalized spacial score (nSPS) is 25.2. The number of rotatable bonds is 5. The lowest BCUT2D eigenvalue weighted by molar-refractivity contribution is -0.107. The summed E-state index contributed by atoms with van der Waals surface area (Å²) in [5.41, 5.74) is 2.04. The molecule has 1 aromatic carbocycles. The van der Waals surface area contributed by atoms with Crippen LogP contribution in [-0.4, -0.2) is 70.1 Å². The average molecular weight is 494 g/mol. The molecule has 35 heavy (non-hydrogen) atoms. The topological polar surface area (TPSA) is 71.3 Å². The van der Waals surface area contributed by atoms with Crippen LogP contribution in [0.1, 0.15) is 61.9 Å². The van der Waals surface area contributed by atoms with Crippen molar-refractivity contribution in [2.45, 2.75) is 56.9 Å². The van der Waals surface area contributed by atoms with Crippen LogP contribution < -0.4 is 5.30 Å². The van der Waals surface area contributed by atoms with Crippen molar-refractivity contribution < 1.29 is 9.36 Å². The Kier molecular flexibility index (Phi) is 4.70. The number of carbonyl (C=O) groups excluding carboxylic acids is 1. The lowest BCUT2D eigenvalue weighted by Crippen LogP contribution is -2.71.